The van der Waals surface area contributed by atoms with E-state index in [0.717, 1.165) is 25.2 Å². The Labute approximate surface area is 196 Å². The third-order valence-corrected chi connectivity index (χ3v) is 5.38. The molecular formula is C24H28N8O2. The number of fused-ring (bicyclic) bond motifs is 2. The van der Waals surface area contributed by atoms with Crippen LogP contribution in [0.3, 0.4) is 0 Å². The molecule has 10 nitrogen and oxygen atoms in total. The summed E-state index contributed by atoms with van der Waals surface area (Å²) in [6.07, 6.45) is 6.56. The number of allylic oxidation sites excluding steroid dienone is 2. The second kappa shape index (κ2) is 9.84. The summed E-state index contributed by atoms with van der Waals surface area (Å²) in [6.45, 7) is 9.37. The van der Waals surface area contributed by atoms with Crippen LogP contribution in [-0.2, 0) is 24.3 Å². The molecular weight excluding hydrogens is 432 g/mol. The minimum absolute atomic E-state index is 0.0288. The molecule has 0 atom stereocenters. The molecule has 0 unspecified atom stereocenters. The van der Waals surface area contributed by atoms with Crippen LogP contribution < -0.4 is 21.5 Å². The van der Waals surface area contributed by atoms with E-state index in [2.05, 4.69) is 44.6 Å². The van der Waals surface area contributed by atoms with Gasteiger partial charge in [0, 0.05) is 30.5 Å². The van der Waals surface area contributed by atoms with Gasteiger partial charge in [-0.1, -0.05) is 12.1 Å². The molecule has 4 N–H and O–H groups in total. The highest BCUT2D eigenvalue weighted by Gasteiger charge is 2.18. The Morgan fingerprint density at radius 2 is 2.15 bits per heavy atom. The second-order valence-corrected chi connectivity index (χ2v) is 8.34. The van der Waals surface area contributed by atoms with Gasteiger partial charge in [0.25, 0.3) is 5.56 Å². The van der Waals surface area contributed by atoms with Crippen LogP contribution >= 0.6 is 0 Å². The number of anilines is 2. The first-order valence-corrected chi connectivity index (χ1v) is 11.1. The lowest BCUT2D eigenvalue weighted by Crippen LogP contribution is -2.29. The average Bonchev–Trinajstić information content (AvgIpc) is 3.08. The molecule has 176 valence electrons. The molecule has 4 rings (SSSR count). The molecule has 1 aliphatic rings. The molecule has 1 aliphatic heterocycles. The number of amides is 1. The van der Waals surface area contributed by atoms with Gasteiger partial charge in [-0.3, -0.25) is 15.0 Å². The van der Waals surface area contributed by atoms with Gasteiger partial charge in [0.1, 0.15) is 11.2 Å². The third kappa shape index (κ3) is 4.81. The molecule has 0 aliphatic carbocycles. The molecule has 2 aromatic heterocycles. The molecule has 3 aromatic rings. The van der Waals surface area contributed by atoms with E-state index >= 15 is 0 Å². The highest BCUT2D eigenvalue weighted by atomic mass is 16.1. The predicted octanol–water partition coefficient (Wildman–Crippen LogP) is 2.07. The van der Waals surface area contributed by atoms with Gasteiger partial charge in [-0.05, 0) is 56.1 Å². The maximum absolute atomic E-state index is 12.9. The van der Waals surface area contributed by atoms with Gasteiger partial charge in [-0.25, -0.2) is 14.3 Å². The summed E-state index contributed by atoms with van der Waals surface area (Å²) >= 11 is 0. The smallest absolute Gasteiger partial charge is 0.278 e. The first-order chi connectivity index (χ1) is 16.4. The van der Waals surface area contributed by atoms with Gasteiger partial charge in [0.2, 0.25) is 11.9 Å². The number of nitrogens with one attached hydrogen (secondary N) is 4. The number of carbonyl (C=O) groups is 1. The van der Waals surface area contributed by atoms with E-state index in [0.29, 0.717) is 5.95 Å². The zero-order valence-corrected chi connectivity index (χ0v) is 19.3. The van der Waals surface area contributed by atoms with Gasteiger partial charge in [-0.15, -0.1) is 6.58 Å². The SMILES string of the molecule is C=CCn1c(=O)c2cnc(Nc3ccc4c(c3)CCNC4)nc2n1C(=N)/C=C\C(=O)NC(C)C. The van der Waals surface area contributed by atoms with Crippen LogP contribution in [0.1, 0.15) is 25.0 Å². The fraction of sp³-hybridized carbons (Fsp3) is 0.292. The third-order valence-electron chi connectivity index (χ3n) is 5.38. The summed E-state index contributed by atoms with van der Waals surface area (Å²) in [5.41, 5.74) is 3.31. The van der Waals surface area contributed by atoms with E-state index in [4.69, 9.17) is 5.41 Å². The van der Waals surface area contributed by atoms with E-state index in [-0.39, 0.29) is 40.9 Å². The van der Waals surface area contributed by atoms with Crippen molar-refractivity contribution in [2.75, 3.05) is 11.9 Å². The number of hydrogen-bond acceptors (Lipinski definition) is 7. The Hall–Kier alpha value is -4.05. The monoisotopic (exact) mass is 460 g/mol. The lowest BCUT2D eigenvalue weighted by molar-refractivity contribution is -0.116. The first-order valence-electron chi connectivity index (χ1n) is 11.1. The van der Waals surface area contributed by atoms with Gasteiger partial charge in [-0.2, -0.15) is 4.98 Å². The van der Waals surface area contributed by atoms with Crippen molar-refractivity contribution in [2.24, 2.45) is 0 Å². The quantitative estimate of drug-likeness (QED) is 0.185. The summed E-state index contributed by atoms with van der Waals surface area (Å²) in [7, 11) is 0. The average molecular weight is 461 g/mol. The van der Waals surface area contributed by atoms with Crippen LogP contribution in [0.25, 0.3) is 11.0 Å². The molecule has 0 bridgehead atoms. The Bertz CT molecular complexity index is 1350. The van der Waals surface area contributed by atoms with E-state index in [1.54, 1.807) is 6.08 Å². The maximum atomic E-state index is 12.9. The minimum atomic E-state index is -0.340. The van der Waals surface area contributed by atoms with Crippen molar-refractivity contribution in [2.45, 2.75) is 39.4 Å². The Morgan fingerprint density at radius 1 is 1.32 bits per heavy atom. The summed E-state index contributed by atoms with van der Waals surface area (Å²) in [4.78, 5) is 33.8. The minimum Gasteiger partial charge on any atom is -0.350 e. The number of aromatic nitrogens is 4. The lowest BCUT2D eigenvalue weighted by Gasteiger charge is -2.18. The predicted molar refractivity (Wildman–Crippen MR) is 133 cm³/mol. The van der Waals surface area contributed by atoms with Gasteiger partial charge >= 0.3 is 0 Å². The first kappa shape index (κ1) is 23.1. The zero-order chi connectivity index (χ0) is 24.2. The number of benzene rings is 1. The van der Waals surface area contributed by atoms with Crippen molar-refractivity contribution in [3.63, 3.8) is 0 Å². The Kier molecular flexibility index (Phi) is 6.69. The van der Waals surface area contributed by atoms with Gasteiger partial charge < -0.3 is 16.0 Å². The summed E-state index contributed by atoms with van der Waals surface area (Å²) in [5.74, 6) is -0.104. The van der Waals surface area contributed by atoms with Crippen LogP contribution in [0.4, 0.5) is 11.6 Å². The molecule has 1 aromatic carbocycles. The highest BCUT2D eigenvalue weighted by Crippen LogP contribution is 2.21. The number of nitrogens with zero attached hydrogens (tertiary/aromatic N) is 4. The van der Waals surface area contributed by atoms with Crippen LogP contribution in [0.15, 0.2) is 54.0 Å². The van der Waals surface area contributed by atoms with E-state index in [1.165, 1.54) is 38.8 Å². The molecule has 1 amide bonds. The molecule has 0 fully saturated rings. The van der Waals surface area contributed by atoms with E-state index < -0.39 is 0 Å². The molecule has 10 heteroatoms. The topological polar surface area (TPSA) is 130 Å². The number of hydrogen-bond donors (Lipinski definition) is 4. The van der Waals surface area contributed by atoms with Crippen LogP contribution in [0.2, 0.25) is 0 Å². The van der Waals surface area contributed by atoms with Crippen LogP contribution in [-0.4, -0.2) is 43.7 Å². The second-order valence-electron chi connectivity index (χ2n) is 8.34. The molecule has 34 heavy (non-hydrogen) atoms. The van der Waals surface area contributed by atoms with E-state index in [9.17, 15) is 9.59 Å². The van der Waals surface area contributed by atoms with Crippen molar-refractivity contribution >= 4 is 34.4 Å². The number of rotatable bonds is 7. The Morgan fingerprint density at radius 3 is 2.91 bits per heavy atom. The molecule has 0 radical (unpaired) electrons. The maximum Gasteiger partial charge on any atom is 0.278 e. The van der Waals surface area contributed by atoms with Crippen molar-refractivity contribution in [1.29, 1.82) is 5.41 Å². The fourth-order valence-corrected chi connectivity index (χ4v) is 3.86. The Balaban J connectivity index is 1.70. The molecule has 0 saturated carbocycles. The number of carbonyl (C=O) groups excluding carboxylic acids is 1. The summed E-state index contributed by atoms with van der Waals surface area (Å²) < 4.78 is 2.71. The lowest BCUT2D eigenvalue weighted by atomic mass is 10.0. The normalized spacial score (nSPS) is 13.3. The summed E-state index contributed by atoms with van der Waals surface area (Å²) in [5, 5.41) is 18.1. The van der Waals surface area contributed by atoms with Crippen molar-refractivity contribution < 1.29 is 4.79 Å². The van der Waals surface area contributed by atoms with E-state index in [1.807, 2.05) is 19.9 Å². The molecule has 0 spiro atoms. The highest BCUT2D eigenvalue weighted by molar-refractivity contribution is 6.01. The standard InChI is InChI=1S/C24H28N8O2/c1-4-11-31-23(34)19-14-27-24(29-18-6-5-17-13-26-10-9-16(17)12-18)30-22(19)32(31)20(25)7-8-21(33)28-15(2)3/h4-8,12,14-15,25-26H,1,9-11,13H2,2-3H3,(H,28,33)(H,27,29,30)/b8-7-,25-20?. The van der Waals surface area contributed by atoms with Crippen LogP contribution in [0, 0.1) is 5.41 Å². The van der Waals surface area contributed by atoms with Gasteiger partial charge in [0.05, 0.1) is 6.54 Å². The molecule has 0 saturated heterocycles. The molecule has 3 heterocycles. The van der Waals surface area contributed by atoms with Gasteiger partial charge in [0.15, 0.2) is 5.65 Å². The van der Waals surface area contributed by atoms with Crippen LogP contribution in [0.5, 0.6) is 0 Å². The van der Waals surface area contributed by atoms with Crippen molar-refractivity contribution in [3.05, 3.63) is 70.7 Å². The fourth-order valence-electron chi connectivity index (χ4n) is 3.86. The van der Waals surface area contributed by atoms with Crippen molar-refractivity contribution in [3.8, 4) is 0 Å². The zero-order valence-electron chi connectivity index (χ0n) is 19.3. The summed E-state index contributed by atoms with van der Waals surface area (Å²) in [6, 6.07) is 6.09. The largest absolute Gasteiger partial charge is 0.350 e. The van der Waals surface area contributed by atoms with Crippen molar-refractivity contribution in [1.82, 2.24) is 30.0 Å².